The van der Waals surface area contributed by atoms with Crippen LogP contribution in [0.15, 0.2) is 36.8 Å². The zero-order valence-electron chi connectivity index (χ0n) is 15.9. The third-order valence-corrected chi connectivity index (χ3v) is 5.54. The maximum Gasteiger partial charge on any atom is 0.161 e. The van der Waals surface area contributed by atoms with Gasteiger partial charge in [-0.05, 0) is 56.9 Å². The highest BCUT2D eigenvalue weighted by atomic mass is 16.1. The second kappa shape index (κ2) is 5.78. The molecule has 3 heterocycles. The molecule has 0 saturated heterocycles. The van der Waals surface area contributed by atoms with Crippen LogP contribution < -0.4 is 0 Å². The molecule has 4 aromatic rings. The second-order valence-electron chi connectivity index (χ2n) is 7.56. The number of fused-ring (bicyclic) bond motifs is 2. The molecule has 5 nitrogen and oxygen atoms in total. The van der Waals surface area contributed by atoms with Gasteiger partial charge in [0.2, 0.25) is 0 Å². The van der Waals surface area contributed by atoms with Gasteiger partial charge in [-0.15, -0.1) is 0 Å². The number of benzene rings is 1. The minimum Gasteiger partial charge on any atom is -0.347 e. The van der Waals surface area contributed by atoms with Gasteiger partial charge in [0, 0.05) is 53.6 Å². The minimum absolute atomic E-state index is 0.0958. The Morgan fingerprint density at radius 3 is 2.70 bits per heavy atom. The van der Waals surface area contributed by atoms with Crippen LogP contribution in [0.5, 0.6) is 0 Å². The first-order valence-electron chi connectivity index (χ1n) is 9.55. The fourth-order valence-corrected chi connectivity index (χ4v) is 3.98. The van der Waals surface area contributed by atoms with E-state index in [1.165, 1.54) is 12.8 Å². The van der Waals surface area contributed by atoms with E-state index in [2.05, 4.69) is 41.6 Å². The van der Waals surface area contributed by atoms with Crippen molar-refractivity contribution in [3.63, 3.8) is 0 Å². The summed E-state index contributed by atoms with van der Waals surface area (Å²) in [6, 6.07) is 6.37. The van der Waals surface area contributed by atoms with E-state index in [0.29, 0.717) is 5.92 Å². The maximum absolute atomic E-state index is 12.2. The van der Waals surface area contributed by atoms with Crippen molar-refractivity contribution in [2.75, 3.05) is 0 Å². The van der Waals surface area contributed by atoms with Gasteiger partial charge in [-0.3, -0.25) is 4.79 Å². The predicted molar refractivity (Wildman–Crippen MR) is 106 cm³/mol. The van der Waals surface area contributed by atoms with Crippen molar-refractivity contribution < 1.29 is 4.79 Å². The van der Waals surface area contributed by atoms with E-state index in [0.717, 1.165) is 51.0 Å². The minimum atomic E-state index is 0.0958. The SMILES string of the molecule is CCn1cc(C(C)=O)c2cc(-c3cnc4cc(C5CC5)nn4c3)cc(C)c21. The third kappa shape index (κ3) is 2.57. The quantitative estimate of drug-likeness (QED) is 0.494. The van der Waals surface area contributed by atoms with Gasteiger partial charge >= 0.3 is 0 Å². The summed E-state index contributed by atoms with van der Waals surface area (Å²) in [6.45, 7) is 6.68. The first-order chi connectivity index (χ1) is 13.0. The van der Waals surface area contributed by atoms with Gasteiger partial charge < -0.3 is 4.57 Å². The molecule has 27 heavy (non-hydrogen) atoms. The fourth-order valence-electron chi connectivity index (χ4n) is 3.98. The number of aryl methyl sites for hydroxylation is 2. The highest BCUT2D eigenvalue weighted by Gasteiger charge is 2.26. The Kier molecular flexibility index (Phi) is 3.47. The molecule has 1 aromatic carbocycles. The average molecular weight is 358 g/mol. The van der Waals surface area contributed by atoms with Crippen LogP contribution in [-0.2, 0) is 6.54 Å². The molecule has 0 spiro atoms. The van der Waals surface area contributed by atoms with E-state index in [1.54, 1.807) is 6.92 Å². The molecular formula is C22H22N4O. The molecule has 1 fully saturated rings. The molecule has 1 saturated carbocycles. The Morgan fingerprint density at radius 2 is 2.00 bits per heavy atom. The summed E-state index contributed by atoms with van der Waals surface area (Å²) in [6.07, 6.45) is 8.38. The highest BCUT2D eigenvalue weighted by molar-refractivity contribution is 6.08. The molecule has 1 aliphatic carbocycles. The number of aromatic nitrogens is 4. The zero-order chi connectivity index (χ0) is 18.7. The molecule has 0 amide bonds. The molecule has 136 valence electrons. The van der Waals surface area contributed by atoms with Crippen molar-refractivity contribution in [2.45, 2.75) is 46.1 Å². The van der Waals surface area contributed by atoms with Gasteiger partial charge in [0.25, 0.3) is 0 Å². The number of hydrogen-bond donors (Lipinski definition) is 0. The maximum atomic E-state index is 12.2. The molecule has 0 aliphatic heterocycles. The summed E-state index contributed by atoms with van der Waals surface area (Å²) < 4.78 is 4.04. The second-order valence-corrected chi connectivity index (χ2v) is 7.56. The average Bonchev–Trinajstić information content (AvgIpc) is 3.29. The van der Waals surface area contributed by atoms with Gasteiger partial charge in [-0.2, -0.15) is 5.10 Å². The van der Waals surface area contributed by atoms with Crippen molar-refractivity contribution >= 4 is 22.3 Å². The lowest BCUT2D eigenvalue weighted by Gasteiger charge is -2.08. The van der Waals surface area contributed by atoms with Crippen LogP contribution in [0.1, 0.15) is 54.2 Å². The predicted octanol–water partition coefficient (Wildman–Crippen LogP) is 4.76. The van der Waals surface area contributed by atoms with Crippen molar-refractivity contribution in [2.24, 2.45) is 0 Å². The van der Waals surface area contributed by atoms with E-state index in [1.807, 2.05) is 23.1 Å². The molecule has 3 aromatic heterocycles. The molecule has 0 N–H and O–H groups in total. The van der Waals surface area contributed by atoms with Gasteiger partial charge in [0.1, 0.15) is 0 Å². The van der Waals surface area contributed by atoms with Crippen molar-refractivity contribution in [1.82, 2.24) is 19.2 Å². The van der Waals surface area contributed by atoms with E-state index < -0.39 is 0 Å². The number of carbonyl (C=O) groups is 1. The molecule has 5 rings (SSSR count). The summed E-state index contributed by atoms with van der Waals surface area (Å²) in [5, 5.41) is 5.72. The van der Waals surface area contributed by atoms with Crippen molar-refractivity contribution in [3.05, 3.63) is 53.6 Å². The Hall–Kier alpha value is -2.95. The normalized spacial score (nSPS) is 14.3. The number of nitrogens with zero attached hydrogens (tertiary/aromatic N) is 4. The smallest absolute Gasteiger partial charge is 0.161 e. The summed E-state index contributed by atoms with van der Waals surface area (Å²) >= 11 is 0. The van der Waals surface area contributed by atoms with Crippen LogP contribution in [0.2, 0.25) is 0 Å². The fraction of sp³-hybridized carbons (Fsp3) is 0.318. The number of carbonyl (C=O) groups excluding carboxylic acids is 1. The van der Waals surface area contributed by atoms with Crippen LogP contribution in [0, 0.1) is 6.92 Å². The standard InChI is InChI=1S/C22H22N4O/c1-4-25-12-19(14(3)27)18-8-16(7-13(2)22(18)25)17-10-23-21-9-20(15-5-6-15)24-26(21)11-17/h7-12,15H,4-6H2,1-3H3. The molecule has 0 atom stereocenters. The first kappa shape index (κ1) is 16.2. The monoisotopic (exact) mass is 358 g/mol. The van der Waals surface area contributed by atoms with Gasteiger partial charge in [0.15, 0.2) is 11.4 Å². The Bertz CT molecular complexity index is 1210. The van der Waals surface area contributed by atoms with E-state index in [4.69, 9.17) is 5.10 Å². The highest BCUT2D eigenvalue weighted by Crippen LogP contribution is 2.39. The van der Waals surface area contributed by atoms with E-state index >= 15 is 0 Å². The van der Waals surface area contributed by atoms with Crippen molar-refractivity contribution in [1.29, 1.82) is 0 Å². The van der Waals surface area contributed by atoms with Crippen LogP contribution in [0.25, 0.3) is 27.7 Å². The zero-order valence-corrected chi connectivity index (χ0v) is 15.9. The molecular weight excluding hydrogens is 336 g/mol. The Balaban J connectivity index is 1.69. The summed E-state index contributed by atoms with van der Waals surface area (Å²) in [7, 11) is 0. The third-order valence-electron chi connectivity index (χ3n) is 5.54. The summed E-state index contributed by atoms with van der Waals surface area (Å²) in [5.74, 6) is 0.708. The summed E-state index contributed by atoms with van der Waals surface area (Å²) in [5.41, 5.74) is 7.18. The topological polar surface area (TPSA) is 52.2 Å². The summed E-state index contributed by atoms with van der Waals surface area (Å²) in [4.78, 5) is 16.8. The molecule has 0 unspecified atom stereocenters. The first-order valence-corrected chi connectivity index (χ1v) is 9.55. The van der Waals surface area contributed by atoms with Crippen LogP contribution in [0.3, 0.4) is 0 Å². The Morgan fingerprint density at radius 1 is 1.19 bits per heavy atom. The van der Waals surface area contributed by atoms with Gasteiger partial charge in [0.05, 0.1) is 11.2 Å². The molecule has 0 radical (unpaired) electrons. The van der Waals surface area contributed by atoms with Crippen LogP contribution in [-0.4, -0.2) is 24.9 Å². The van der Waals surface area contributed by atoms with Gasteiger partial charge in [-0.25, -0.2) is 9.50 Å². The lowest BCUT2D eigenvalue weighted by atomic mass is 10.0. The number of rotatable bonds is 4. The molecule has 1 aliphatic rings. The number of Topliss-reactive ketones (excluding diaryl/α,β-unsaturated/α-hetero) is 1. The Labute approximate surface area is 157 Å². The lowest BCUT2D eigenvalue weighted by Crippen LogP contribution is -1.95. The van der Waals surface area contributed by atoms with Crippen LogP contribution in [0.4, 0.5) is 0 Å². The lowest BCUT2D eigenvalue weighted by molar-refractivity contribution is 0.101. The van der Waals surface area contributed by atoms with Crippen molar-refractivity contribution in [3.8, 4) is 11.1 Å². The number of ketones is 1. The van der Waals surface area contributed by atoms with E-state index in [-0.39, 0.29) is 5.78 Å². The molecule has 0 bridgehead atoms. The van der Waals surface area contributed by atoms with Gasteiger partial charge in [-0.1, -0.05) is 0 Å². The largest absolute Gasteiger partial charge is 0.347 e. The van der Waals surface area contributed by atoms with Crippen LogP contribution >= 0.6 is 0 Å². The number of hydrogen-bond acceptors (Lipinski definition) is 3. The van der Waals surface area contributed by atoms with E-state index in [9.17, 15) is 4.79 Å². The molecule has 5 heteroatoms.